The number of benzene rings is 1. The number of anilines is 1. The molecule has 0 radical (unpaired) electrons. The molecule has 0 heterocycles. The van der Waals surface area contributed by atoms with E-state index in [-0.39, 0.29) is 0 Å². The Bertz CT molecular complexity index is 412. The van der Waals surface area contributed by atoms with Crippen molar-refractivity contribution >= 4 is 21.6 Å². The summed E-state index contributed by atoms with van der Waals surface area (Å²) in [5.74, 6) is 0. The Kier molecular flexibility index (Phi) is 6.77. The lowest BCUT2D eigenvalue weighted by molar-refractivity contribution is 0.300. The molecule has 0 fully saturated rings. The van der Waals surface area contributed by atoms with E-state index in [1.165, 1.54) is 6.42 Å². The van der Waals surface area contributed by atoms with Gasteiger partial charge in [-0.25, -0.2) is 0 Å². The summed E-state index contributed by atoms with van der Waals surface area (Å²) in [6, 6.07) is 7.85. The van der Waals surface area contributed by atoms with E-state index in [0.717, 1.165) is 36.3 Å². The minimum Gasteiger partial charge on any atom is -0.384 e. The largest absolute Gasteiger partial charge is 0.384 e. The van der Waals surface area contributed by atoms with Crippen LogP contribution in [0.1, 0.15) is 25.8 Å². The summed E-state index contributed by atoms with van der Waals surface area (Å²) in [7, 11) is 0. The van der Waals surface area contributed by atoms with Gasteiger partial charge in [0.25, 0.3) is 0 Å². The summed E-state index contributed by atoms with van der Waals surface area (Å²) in [6.45, 7) is 8.53. The van der Waals surface area contributed by atoms with E-state index < -0.39 is 0 Å². The zero-order valence-corrected chi connectivity index (χ0v) is 12.6. The van der Waals surface area contributed by atoms with E-state index in [4.69, 9.17) is 5.26 Å². The first-order chi connectivity index (χ1) is 8.69. The molecule has 1 rings (SSSR count). The van der Waals surface area contributed by atoms with Crippen molar-refractivity contribution in [3.05, 3.63) is 28.2 Å². The maximum Gasteiger partial charge on any atom is 0.0992 e. The van der Waals surface area contributed by atoms with Crippen molar-refractivity contribution in [1.82, 2.24) is 4.90 Å². The molecule has 0 aliphatic carbocycles. The monoisotopic (exact) mass is 309 g/mol. The van der Waals surface area contributed by atoms with E-state index in [1.807, 2.05) is 18.2 Å². The Labute approximate surface area is 118 Å². The molecule has 0 aliphatic heterocycles. The van der Waals surface area contributed by atoms with Gasteiger partial charge in [0.15, 0.2) is 0 Å². The number of nitrogens with one attached hydrogen (secondary N) is 1. The maximum atomic E-state index is 8.90. The third-order valence-corrected chi connectivity index (χ3v) is 3.23. The minimum absolute atomic E-state index is 0.674. The number of rotatable bonds is 7. The Morgan fingerprint density at radius 1 is 1.28 bits per heavy atom. The third kappa shape index (κ3) is 5.07. The molecule has 0 amide bonds. The van der Waals surface area contributed by atoms with Crippen LogP contribution in [0.5, 0.6) is 0 Å². The average Bonchev–Trinajstić information content (AvgIpc) is 2.37. The molecular weight excluding hydrogens is 290 g/mol. The molecule has 0 atom stereocenters. The van der Waals surface area contributed by atoms with Crippen LogP contribution in [0.4, 0.5) is 5.69 Å². The normalized spacial score (nSPS) is 10.4. The Balaban J connectivity index is 2.48. The number of halogens is 1. The summed E-state index contributed by atoms with van der Waals surface area (Å²) < 4.78 is 0.935. The number of nitrogens with zero attached hydrogens (tertiary/aromatic N) is 2. The highest BCUT2D eigenvalue weighted by molar-refractivity contribution is 9.10. The van der Waals surface area contributed by atoms with E-state index in [9.17, 15) is 0 Å². The lowest BCUT2D eigenvalue weighted by atomic mass is 10.2. The van der Waals surface area contributed by atoms with E-state index in [0.29, 0.717) is 5.56 Å². The van der Waals surface area contributed by atoms with Gasteiger partial charge in [-0.2, -0.15) is 5.26 Å². The highest BCUT2D eigenvalue weighted by Crippen LogP contribution is 2.18. The number of nitriles is 1. The Morgan fingerprint density at radius 3 is 2.67 bits per heavy atom. The van der Waals surface area contributed by atoms with Gasteiger partial charge < -0.3 is 10.2 Å². The summed E-state index contributed by atoms with van der Waals surface area (Å²) in [5, 5.41) is 12.3. The fourth-order valence-electron chi connectivity index (χ4n) is 1.86. The van der Waals surface area contributed by atoms with Crippen LogP contribution in [-0.4, -0.2) is 31.1 Å². The van der Waals surface area contributed by atoms with Crippen molar-refractivity contribution in [3.8, 4) is 6.07 Å². The second-order valence-corrected chi connectivity index (χ2v) is 5.12. The van der Waals surface area contributed by atoms with Crippen LogP contribution in [-0.2, 0) is 0 Å². The molecule has 0 unspecified atom stereocenters. The quantitative estimate of drug-likeness (QED) is 0.838. The van der Waals surface area contributed by atoms with Crippen molar-refractivity contribution in [2.24, 2.45) is 0 Å². The molecular formula is C14H20BrN3. The first-order valence-electron chi connectivity index (χ1n) is 6.36. The third-order valence-electron chi connectivity index (χ3n) is 2.77. The van der Waals surface area contributed by atoms with Crippen molar-refractivity contribution in [2.45, 2.75) is 20.3 Å². The number of hydrogen-bond donors (Lipinski definition) is 1. The van der Waals surface area contributed by atoms with Crippen LogP contribution in [0.15, 0.2) is 22.7 Å². The molecule has 1 aromatic rings. The summed E-state index contributed by atoms with van der Waals surface area (Å²) in [5.41, 5.74) is 1.67. The highest BCUT2D eigenvalue weighted by atomic mass is 79.9. The van der Waals surface area contributed by atoms with Crippen LogP contribution < -0.4 is 5.32 Å². The second-order valence-electron chi connectivity index (χ2n) is 4.20. The molecule has 0 saturated carbocycles. The predicted octanol–water partition coefficient (Wildman–Crippen LogP) is 3.46. The highest BCUT2D eigenvalue weighted by Gasteiger charge is 2.01. The molecule has 18 heavy (non-hydrogen) atoms. The van der Waals surface area contributed by atoms with Gasteiger partial charge in [-0.3, -0.25) is 0 Å². The van der Waals surface area contributed by atoms with Gasteiger partial charge in [0.2, 0.25) is 0 Å². The van der Waals surface area contributed by atoms with Gasteiger partial charge in [0, 0.05) is 23.2 Å². The van der Waals surface area contributed by atoms with Crippen molar-refractivity contribution in [2.75, 3.05) is 31.5 Å². The number of hydrogen-bond acceptors (Lipinski definition) is 3. The molecule has 0 bridgehead atoms. The van der Waals surface area contributed by atoms with Gasteiger partial charge in [0.05, 0.1) is 11.6 Å². The predicted molar refractivity (Wildman–Crippen MR) is 79.8 cm³/mol. The van der Waals surface area contributed by atoms with Crippen molar-refractivity contribution in [3.63, 3.8) is 0 Å². The standard InChI is InChI=1S/C14H20BrN3/c1-3-6-18(4-2)7-5-17-14-9-12(11-16)8-13(15)10-14/h8-10,17H,3-7H2,1-2H3. The molecule has 1 N–H and O–H groups in total. The second kappa shape index (κ2) is 8.12. The summed E-state index contributed by atoms with van der Waals surface area (Å²) >= 11 is 3.41. The Hall–Kier alpha value is -1.05. The van der Waals surface area contributed by atoms with Gasteiger partial charge in [0.1, 0.15) is 0 Å². The van der Waals surface area contributed by atoms with Gasteiger partial charge in [-0.1, -0.05) is 29.8 Å². The molecule has 98 valence electrons. The van der Waals surface area contributed by atoms with E-state index in [2.05, 4.69) is 46.1 Å². The molecule has 0 aromatic heterocycles. The smallest absolute Gasteiger partial charge is 0.0992 e. The van der Waals surface area contributed by atoms with E-state index in [1.54, 1.807) is 0 Å². The molecule has 0 saturated heterocycles. The lowest BCUT2D eigenvalue weighted by Gasteiger charge is -2.20. The van der Waals surface area contributed by atoms with Crippen LogP contribution in [0.3, 0.4) is 0 Å². The van der Waals surface area contributed by atoms with Crippen LogP contribution in [0.25, 0.3) is 0 Å². The van der Waals surface area contributed by atoms with Crippen molar-refractivity contribution < 1.29 is 0 Å². The van der Waals surface area contributed by atoms with Crippen LogP contribution >= 0.6 is 15.9 Å². The fraction of sp³-hybridized carbons (Fsp3) is 0.500. The number of likely N-dealkylation sites (N-methyl/N-ethyl adjacent to an activating group) is 1. The SMILES string of the molecule is CCCN(CC)CCNc1cc(Br)cc(C#N)c1. The lowest BCUT2D eigenvalue weighted by Crippen LogP contribution is -2.29. The van der Waals surface area contributed by atoms with Gasteiger partial charge in [-0.15, -0.1) is 0 Å². The van der Waals surface area contributed by atoms with Gasteiger partial charge in [-0.05, 0) is 37.7 Å². The average molecular weight is 310 g/mol. The molecule has 0 spiro atoms. The minimum atomic E-state index is 0.674. The van der Waals surface area contributed by atoms with Crippen molar-refractivity contribution in [1.29, 1.82) is 5.26 Å². The zero-order chi connectivity index (χ0) is 13.4. The molecule has 0 aliphatic rings. The zero-order valence-electron chi connectivity index (χ0n) is 11.0. The van der Waals surface area contributed by atoms with Crippen LogP contribution in [0.2, 0.25) is 0 Å². The Morgan fingerprint density at radius 2 is 2.06 bits per heavy atom. The maximum absolute atomic E-state index is 8.90. The molecule has 1 aromatic carbocycles. The van der Waals surface area contributed by atoms with E-state index >= 15 is 0 Å². The first kappa shape index (κ1) is 15.0. The van der Waals surface area contributed by atoms with Gasteiger partial charge >= 0.3 is 0 Å². The molecule has 4 heteroatoms. The summed E-state index contributed by atoms with van der Waals surface area (Å²) in [4.78, 5) is 2.41. The topological polar surface area (TPSA) is 39.1 Å². The fourth-order valence-corrected chi connectivity index (χ4v) is 2.35. The van der Waals surface area contributed by atoms with Crippen LogP contribution in [0, 0.1) is 11.3 Å². The first-order valence-corrected chi connectivity index (χ1v) is 7.15. The molecule has 3 nitrogen and oxygen atoms in total. The summed E-state index contributed by atoms with van der Waals surface area (Å²) in [6.07, 6.45) is 1.18.